The van der Waals surface area contributed by atoms with E-state index in [1.54, 1.807) is 12.1 Å². The Morgan fingerprint density at radius 2 is 2.17 bits per heavy atom. The van der Waals surface area contributed by atoms with E-state index in [1.165, 1.54) is 37.4 Å². The topological polar surface area (TPSA) is 59.8 Å². The molecule has 0 saturated heterocycles. The Morgan fingerprint density at radius 1 is 1.39 bits per heavy atom. The molecule has 0 spiro atoms. The molecule has 0 aliphatic heterocycles. The van der Waals surface area contributed by atoms with Crippen molar-refractivity contribution in [1.29, 1.82) is 0 Å². The van der Waals surface area contributed by atoms with Gasteiger partial charge in [-0.15, -0.1) is 10.2 Å². The van der Waals surface area contributed by atoms with Crippen molar-refractivity contribution < 1.29 is 4.79 Å². The number of hydrogen-bond donors (Lipinski definition) is 1. The Morgan fingerprint density at radius 3 is 2.91 bits per heavy atom. The minimum absolute atomic E-state index is 0.0808. The second-order valence-electron chi connectivity index (χ2n) is 5.73. The van der Waals surface area contributed by atoms with Crippen LogP contribution >= 0.6 is 23.4 Å². The number of hydrogen-bond acceptors (Lipinski definition) is 4. The lowest BCUT2D eigenvalue weighted by Crippen LogP contribution is -2.14. The molecular formula is C16H19ClN4OS. The highest BCUT2D eigenvalue weighted by atomic mass is 35.5. The van der Waals surface area contributed by atoms with Crippen LogP contribution in [0, 0.1) is 0 Å². The van der Waals surface area contributed by atoms with E-state index in [4.69, 9.17) is 11.6 Å². The first kappa shape index (κ1) is 16.3. The highest BCUT2D eigenvalue weighted by Crippen LogP contribution is 2.33. The van der Waals surface area contributed by atoms with Crippen LogP contribution in [0.3, 0.4) is 0 Å². The first-order valence-corrected chi connectivity index (χ1v) is 9.07. The number of carbonyl (C=O) groups excluding carboxylic acids is 1. The van der Waals surface area contributed by atoms with Gasteiger partial charge in [-0.3, -0.25) is 4.79 Å². The molecule has 1 aromatic carbocycles. The first-order chi connectivity index (χ1) is 11.1. The number of rotatable bonds is 5. The van der Waals surface area contributed by atoms with Gasteiger partial charge in [0.1, 0.15) is 5.82 Å². The summed E-state index contributed by atoms with van der Waals surface area (Å²) in [5.74, 6) is 1.77. The third-order valence-corrected chi connectivity index (χ3v) is 5.28. The number of carbonyl (C=O) groups is 1. The monoisotopic (exact) mass is 350 g/mol. The minimum Gasteiger partial charge on any atom is -0.325 e. The molecule has 0 unspecified atom stereocenters. The van der Waals surface area contributed by atoms with Gasteiger partial charge in [0, 0.05) is 23.7 Å². The largest absolute Gasteiger partial charge is 0.325 e. The van der Waals surface area contributed by atoms with Gasteiger partial charge in [-0.2, -0.15) is 0 Å². The van der Waals surface area contributed by atoms with Gasteiger partial charge < -0.3 is 9.88 Å². The Hall–Kier alpha value is -1.53. The third kappa shape index (κ3) is 4.06. The van der Waals surface area contributed by atoms with E-state index in [0.717, 1.165) is 11.0 Å². The second kappa shape index (κ2) is 7.36. The Kier molecular flexibility index (Phi) is 5.23. The van der Waals surface area contributed by atoms with Gasteiger partial charge in [0.25, 0.3) is 0 Å². The van der Waals surface area contributed by atoms with Crippen LogP contribution in [-0.2, 0) is 11.8 Å². The van der Waals surface area contributed by atoms with E-state index >= 15 is 0 Å². The Labute approximate surface area is 144 Å². The number of nitrogens with zero attached hydrogens (tertiary/aromatic N) is 3. The molecule has 7 heteroatoms. The first-order valence-electron chi connectivity index (χ1n) is 7.71. The van der Waals surface area contributed by atoms with Gasteiger partial charge >= 0.3 is 0 Å². The van der Waals surface area contributed by atoms with Crippen molar-refractivity contribution in [2.75, 3.05) is 11.1 Å². The molecule has 1 aliphatic rings. The molecule has 1 fully saturated rings. The van der Waals surface area contributed by atoms with Crippen molar-refractivity contribution in [3.63, 3.8) is 0 Å². The van der Waals surface area contributed by atoms with Gasteiger partial charge in [0.15, 0.2) is 5.16 Å². The van der Waals surface area contributed by atoms with Crippen molar-refractivity contribution >= 4 is 35.0 Å². The van der Waals surface area contributed by atoms with Gasteiger partial charge in [-0.05, 0) is 31.0 Å². The molecule has 23 heavy (non-hydrogen) atoms. The number of halogens is 1. The molecule has 1 aliphatic carbocycles. The number of thioether (sulfide) groups is 1. The zero-order valence-corrected chi connectivity index (χ0v) is 14.5. The quantitative estimate of drug-likeness (QED) is 0.832. The molecule has 0 bridgehead atoms. The lowest BCUT2D eigenvalue weighted by Gasteiger charge is -2.09. The summed E-state index contributed by atoms with van der Waals surface area (Å²) in [6.07, 6.45) is 4.90. The van der Waals surface area contributed by atoms with E-state index in [0.29, 0.717) is 22.4 Å². The van der Waals surface area contributed by atoms with Crippen molar-refractivity contribution in [3.8, 4) is 0 Å². The molecule has 3 rings (SSSR count). The van der Waals surface area contributed by atoms with Crippen LogP contribution in [0.4, 0.5) is 5.69 Å². The van der Waals surface area contributed by atoms with Crippen LogP contribution < -0.4 is 5.32 Å². The predicted molar refractivity (Wildman–Crippen MR) is 93.0 cm³/mol. The highest BCUT2D eigenvalue weighted by Gasteiger charge is 2.23. The molecule has 1 N–H and O–H groups in total. The summed E-state index contributed by atoms with van der Waals surface area (Å²) >= 11 is 7.31. The smallest absolute Gasteiger partial charge is 0.234 e. The Bertz CT molecular complexity index is 697. The van der Waals surface area contributed by atoms with Crippen LogP contribution in [0.2, 0.25) is 5.02 Å². The summed E-state index contributed by atoms with van der Waals surface area (Å²) in [6.45, 7) is 0. The van der Waals surface area contributed by atoms with Crippen molar-refractivity contribution in [1.82, 2.24) is 14.8 Å². The number of aromatic nitrogens is 3. The molecule has 1 amide bonds. The standard InChI is InChI=1S/C16H19ClN4OS/c1-21-15(11-5-2-3-6-11)19-20-16(21)23-10-14(22)18-13-8-4-7-12(17)9-13/h4,7-9,11H,2-3,5-6,10H2,1H3,(H,18,22). The van der Waals surface area contributed by atoms with Crippen LogP contribution in [0.25, 0.3) is 0 Å². The summed E-state index contributed by atoms with van der Waals surface area (Å²) in [5, 5.41) is 12.8. The lowest BCUT2D eigenvalue weighted by molar-refractivity contribution is -0.113. The average molecular weight is 351 g/mol. The second-order valence-corrected chi connectivity index (χ2v) is 7.11. The summed E-state index contributed by atoms with van der Waals surface area (Å²) in [6, 6.07) is 7.12. The van der Waals surface area contributed by atoms with Gasteiger partial charge in [0.2, 0.25) is 5.91 Å². The molecule has 5 nitrogen and oxygen atoms in total. The van der Waals surface area contributed by atoms with Crippen LogP contribution in [0.15, 0.2) is 29.4 Å². The molecule has 122 valence electrons. The van der Waals surface area contributed by atoms with Gasteiger partial charge in [-0.1, -0.05) is 42.3 Å². The molecule has 0 atom stereocenters. The van der Waals surface area contributed by atoms with E-state index < -0.39 is 0 Å². The van der Waals surface area contributed by atoms with Crippen LogP contribution in [-0.4, -0.2) is 26.4 Å². The maximum Gasteiger partial charge on any atom is 0.234 e. The van der Waals surface area contributed by atoms with Gasteiger partial charge in [0.05, 0.1) is 5.75 Å². The normalized spacial score (nSPS) is 15.0. The number of benzene rings is 1. The van der Waals surface area contributed by atoms with Crippen LogP contribution in [0.1, 0.15) is 37.4 Å². The molecule has 1 aromatic heterocycles. The SMILES string of the molecule is Cn1c(SCC(=O)Nc2cccc(Cl)c2)nnc1C1CCCC1. The van der Waals surface area contributed by atoms with Crippen molar-refractivity contribution in [3.05, 3.63) is 35.1 Å². The highest BCUT2D eigenvalue weighted by molar-refractivity contribution is 7.99. The van der Waals surface area contributed by atoms with E-state index in [-0.39, 0.29) is 5.91 Å². The minimum atomic E-state index is -0.0808. The zero-order valence-electron chi connectivity index (χ0n) is 13.0. The predicted octanol–water partition coefficient (Wildman–Crippen LogP) is 3.86. The molecular weight excluding hydrogens is 332 g/mol. The maximum absolute atomic E-state index is 12.0. The fourth-order valence-electron chi connectivity index (χ4n) is 2.88. The summed E-state index contributed by atoms with van der Waals surface area (Å²) in [5.41, 5.74) is 0.702. The average Bonchev–Trinajstić information content (AvgIpc) is 3.15. The zero-order chi connectivity index (χ0) is 16.2. The lowest BCUT2D eigenvalue weighted by atomic mass is 10.1. The molecule has 1 saturated carbocycles. The maximum atomic E-state index is 12.0. The summed E-state index contributed by atoms with van der Waals surface area (Å²) < 4.78 is 2.02. The fraction of sp³-hybridized carbons (Fsp3) is 0.438. The van der Waals surface area contributed by atoms with E-state index in [1.807, 2.05) is 23.7 Å². The number of amides is 1. The summed E-state index contributed by atoms with van der Waals surface area (Å²) in [7, 11) is 1.98. The summed E-state index contributed by atoms with van der Waals surface area (Å²) in [4.78, 5) is 12.0. The fourth-order valence-corrected chi connectivity index (χ4v) is 3.79. The third-order valence-electron chi connectivity index (χ3n) is 4.03. The van der Waals surface area contributed by atoms with Crippen molar-refractivity contribution in [2.45, 2.75) is 36.8 Å². The Balaban J connectivity index is 1.56. The molecule has 1 heterocycles. The molecule has 2 aromatic rings. The number of nitrogens with one attached hydrogen (secondary N) is 1. The molecule has 0 radical (unpaired) electrons. The van der Waals surface area contributed by atoms with E-state index in [9.17, 15) is 4.79 Å². The number of anilines is 1. The van der Waals surface area contributed by atoms with Crippen molar-refractivity contribution in [2.24, 2.45) is 7.05 Å². The van der Waals surface area contributed by atoms with Gasteiger partial charge in [-0.25, -0.2) is 0 Å². The van der Waals surface area contributed by atoms with Crippen LogP contribution in [0.5, 0.6) is 0 Å². The van der Waals surface area contributed by atoms with E-state index in [2.05, 4.69) is 15.5 Å².